The lowest BCUT2D eigenvalue weighted by Gasteiger charge is -2.16. The van der Waals surface area contributed by atoms with E-state index in [9.17, 15) is 9.59 Å². The van der Waals surface area contributed by atoms with E-state index in [2.05, 4.69) is 10.4 Å². The molecule has 6 N–H and O–H groups in total. The molecule has 0 aliphatic heterocycles. The Morgan fingerprint density at radius 2 is 2.33 bits per heavy atom. The molecule has 9 heteroatoms. The van der Waals surface area contributed by atoms with Crippen LogP contribution in [0.5, 0.6) is 0 Å². The number of carbonyl (C=O) groups excluding carboxylic acids is 1. The molecule has 0 bridgehead atoms. The molecule has 1 rings (SSSR count). The maximum Gasteiger partial charge on any atom is 0.319 e. The maximum atomic E-state index is 11.5. The third-order valence-corrected chi connectivity index (χ3v) is 2.71. The van der Waals surface area contributed by atoms with Crippen LogP contribution in [0.1, 0.15) is 18.2 Å². The van der Waals surface area contributed by atoms with Crippen LogP contribution in [0.2, 0.25) is 0 Å². The summed E-state index contributed by atoms with van der Waals surface area (Å²) in [6.45, 7) is -0.287. The zero-order chi connectivity index (χ0) is 13.7. The number of thiazole rings is 1. The first-order chi connectivity index (χ1) is 8.38. The van der Waals surface area contributed by atoms with Gasteiger partial charge in [-0.2, -0.15) is 0 Å². The molecule has 0 aromatic carbocycles. The summed E-state index contributed by atoms with van der Waals surface area (Å²) in [6.07, 6.45) is 0.00708. The predicted octanol–water partition coefficient (Wildman–Crippen LogP) is -0.837. The average molecular weight is 273 g/mol. The third kappa shape index (κ3) is 4.65. The van der Waals surface area contributed by atoms with Crippen molar-refractivity contribution in [2.75, 3.05) is 19.3 Å². The predicted molar refractivity (Wildman–Crippen MR) is 66.5 cm³/mol. The van der Waals surface area contributed by atoms with E-state index in [0.717, 1.165) is 0 Å². The molecule has 1 aromatic heterocycles. The fourth-order valence-electron chi connectivity index (χ4n) is 1.28. The minimum absolute atomic E-state index is 0.00708. The molecule has 8 nitrogen and oxygen atoms in total. The molecule has 1 aromatic rings. The van der Waals surface area contributed by atoms with Gasteiger partial charge in [0.25, 0.3) is 0 Å². The number of carboxylic acid groups (broad SMARTS) is 1. The van der Waals surface area contributed by atoms with Gasteiger partial charge in [-0.1, -0.05) is 0 Å². The van der Waals surface area contributed by atoms with Crippen LogP contribution in [0.3, 0.4) is 0 Å². The minimum Gasteiger partial charge on any atom is -0.480 e. The highest BCUT2D eigenvalue weighted by Crippen LogP contribution is 2.18. The van der Waals surface area contributed by atoms with Crippen LogP contribution in [0, 0.1) is 0 Å². The molecule has 0 fully saturated rings. The first-order valence-electron chi connectivity index (χ1n) is 5.07. The lowest BCUT2D eigenvalue weighted by Crippen LogP contribution is -2.43. The number of amides is 1. The van der Waals surface area contributed by atoms with Crippen molar-refractivity contribution in [1.82, 2.24) is 15.4 Å². The van der Waals surface area contributed by atoms with Gasteiger partial charge in [0.15, 0.2) is 5.13 Å². The van der Waals surface area contributed by atoms with Crippen molar-refractivity contribution < 1.29 is 14.7 Å². The summed E-state index contributed by atoms with van der Waals surface area (Å²) in [5.74, 6) is -1.41. The van der Waals surface area contributed by atoms with Crippen LogP contribution in [-0.4, -0.2) is 40.6 Å². The van der Waals surface area contributed by atoms with Crippen molar-refractivity contribution in [2.24, 2.45) is 5.73 Å². The highest BCUT2D eigenvalue weighted by atomic mass is 32.1. The second-order valence-electron chi connectivity index (χ2n) is 3.71. The number of aliphatic carboxylic acids is 1. The van der Waals surface area contributed by atoms with E-state index in [1.165, 1.54) is 23.4 Å². The molecule has 18 heavy (non-hydrogen) atoms. The number of hydrazine groups is 1. The van der Waals surface area contributed by atoms with Crippen LogP contribution in [0.15, 0.2) is 5.38 Å². The Morgan fingerprint density at radius 3 is 2.83 bits per heavy atom. The Morgan fingerprint density at radius 1 is 1.67 bits per heavy atom. The van der Waals surface area contributed by atoms with Crippen molar-refractivity contribution in [3.63, 3.8) is 0 Å². The smallest absolute Gasteiger partial charge is 0.319 e. The number of carbonyl (C=O) groups is 2. The molecular weight excluding hydrogens is 258 g/mol. The lowest BCUT2D eigenvalue weighted by atomic mass is 10.1. The molecule has 1 amide bonds. The molecular formula is C9H15N5O3S. The fourth-order valence-corrected chi connectivity index (χ4v) is 1.90. The van der Waals surface area contributed by atoms with E-state index in [-0.39, 0.29) is 18.9 Å². The van der Waals surface area contributed by atoms with Crippen molar-refractivity contribution >= 4 is 28.3 Å². The summed E-state index contributed by atoms with van der Waals surface area (Å²) < 4.78 is 0. The van der Waals surface area contributed by atoms with E-state index >= 15 is 0 Å². The summed E-state index contributed by atoms with van der Waals surface area (Å²) in [5, 5.41) is 11.8. The quantitative estimate of drug-likeness (QED) is 0.496. The van der Waals surface area contributed by atoms with E-state index < -0.39 is 12.0 Å². The number of hydrogen-bond donors (Lipinski definition) is 4. The molecule has 1 heterocycles. The van der Waals surface area contributed by atoms with Crippen LogP contribution < -0.4 is 16.9 Å². The molecule has 0 aliphatic carbocycles. The number of anilines is 1. The van der Waals surface area contributed by atoms with Gasteiger partial charge in [0.2, 0.25) is 5.91 Å². The van der Waals surface area contributed by atoms with Crippen molar-refractivity contribution in [1.29, 1.82) is 0 Å². The molecule has 100 valence electrons. The van der Waals surface area contributed by atoms with Crippen LogP contribution in [-0.2, 0) is 9.59 Å². The number of likely N-dealkylation sites (N-methyl/N-ethyl adjacent to an activating group) is 1. The zero-order valence-corrected chi connectivity index (χ0v) is 10.6. The van der Waals surface area contributed by atoms with Gasteiger partial charge in [0, 0.05) is 18.8 Å². The number of nitrogens with two attached hydrogens (primary N) is 2. The molecule has 0 radical (unpaired) electrons. The second kappa shape index (κ2) is 6.28. The second-order valence-corrected chi connectivity index (χ2v) is 4.60. The highest BCUT2D eigenvalue weighted by molar-refractivity contribution is 7.13. The van der Waals surface area contributed by atoms with Gasteiger partial charge < -0.3 is 16.6 Å². The van der Waals surface area contributed by atoms with E-state index in [1.807, 2.05) is 0 Å². The largest absolute Gasteiger partial charge is 0.480 e. The summed E-state index contributed by atoms with van der Waals surface area (Å²) >= 11 is 1.25. The van der Waals surface area contributed by atoms with Crippen molar-refractivity contribution in [3.05, 3.63) is 11.1 Å². The number of rotatable bonds is 6. The molecule has 0 unspecified atom stereocenters. The monoisotopic (exact) mass is 273 g/mol. The number of hydrogen-bond acceptors (Lipinski definition) is 7. The van der Waals surface area contributed by atoms with Crippen molar-refractivity contribution in [3.8, 4) is 0 Å². The number of nitrogens with zero attached hydrogens (tertiary/aromatic N) is 2. The number of carboxylic acids is 1. The fraction of sp³-hybridized carbons (Fsp3) is 0.444. The van der Waals surface area contributed by atoms with Gasteiger partial charge >= 0.3 is 5.97 Å². The molecule has 0 saturated heterocycles. The minimum atomic E-state index is -1.03. The summed E-state index contributed by atoms with van der Waals surface area (Å²) in [5.41, 5.74) is 14.2. The number of nitrogens with one attached hydrogen (secondary N) is 1. The van der Waals surface area contributed by atoms with E-state index in [1.54, 1.807) is 5.38 Å². The summed E-state index contributed by atoms with van der Waals surface area (Å²) in [4.78, 5) is 25.9. The van der Waals surface area contributed by atoms with Gasteiger partial charge in [-0.25, -0.2) is 9.99 Å². The summed E-state index contributed by atoms with van der Waals surface area (Å²) in [6, 6.07) is -0.559. The average Bonchev–Trinajstić information content (AvgIpc) is 2.62. The first-order valence-corrected chi connectivity index (χ1v) is 5.95. The normalized spacial score (nSPS) is 12.4. The molecule has 0 aliphatic rings. The molecule has 0 spiro atoms. The Kier molecular flexibility index (Phi) is 5.01. The molecule has 0 saturated carbocycles. The van der Waals surface area contributed by atoms with Crippen molar-refractivity contribution in [2.45, 2.75) is 12.5 Å². The lowest BCUT2D eigenvalue weighted by molar-refractivity contribution is -0.139. The maximum absolute atomic E-state index is 11.5. The standard InChI is InChI=1S/C9H15N5O3S/c1-14(3-8(16)17)13-7(15)2-5(10)6-4-18-9(11)12-6/h4-5H,2-3,10H2,1H3,(H2,11,12)(H,13,15)(H,16,17)/t5-/m0/s1. The van der Waals surface area contributed by atoms with Gasteiger partial charge in [-0.3, -0.25) is 15.0 Å². The van der Waals surface area contributed by atoms with Crippen LogP contribution in [0.25, 0.3) is 0 Å². The zero-order valence-electron chi connectivity index (χ0n) is 9.79. The Balaban J connectivity index is 2.42. The summed E-state index contributed by atoms with van der Waals surface area (Å²) in [7, 11) is 1.46. The number of aromatic nitrogens is 1. The van der Waals surface area contributed by atoms with Gasteiger partial charge in [-0.15, -0.1) is 11.3 Å². The Labute approximate surface area is 108 Å². The van der Waals surface area contributed by atoms with E-state index in [4.69, 9.17) is 16.6 Å². The topological polar surface area (TPSA) is 135 Å². The SMILES string of the molecule is CN(CC(=O)O)NC(=O)C[C@H](N)c1csc(N)n1. The van der Waals surface area contributed by atoms with Crippen LogP contribution >= 0.6 is 11.3 Å². The highest BCUT2D eigenvalue weighted by Gasteiger charge is 2.16. The Bertz CT molecular complexity index is 436. The Hall–Kier alpha value is -1.71. The molecule has 1 atom stereocenters. The first kappa shape index (κ1) is 14.4. The third-order valence-electron chi connectivity index (χ3n) is 2.01. The van der Waals surface area contributed by atoms with Gasteiger partial charge in [0.05, 0.1) is 11.7 Å². The van der Waals surface area contributed by atoms with E-state index in [0.29, 0.717) is 10.8 Å². The van der Waals surface area contributed by atoms with Gasteiger partial charge in [-0.05, 0) is 0 Å². The number of nitrogen functional groups attached to an aromatic ring is 1. The van der Waals surface area contributed by atoms with Crippen LogP contribution in [0.4, 0.5) is 5.13 Å². The van der Waals surface area contributed by atoms with Gasteiger partial charge in [0.1, 0.15) is 6.54 Å².